The average molecular weight is 277 g/mol. The number of aromatic nitrogens is 2. The molecule has 0 fully saturated rings. The number of carbonyl (C=O) groups excluding carboxylic acids is 1. The van der Waals surface area contributed by atoms with E-state index in [9.17, 15) is 4.79 Å². The molecule has 0 radical (unpaired) electrons. The molecule has 1 atom stereocenters. The number of nitrogen functional groups attached to an aromatic ring is 1. The molecule has 19 heavy (non-hydrogen) atoms. The Hall–Kier alpha value is -1.99. The Morgan fingerprint density at radius 2 is 2.37 bits per heavy atom. The number of thiazole rings is 1. The van der Waals surface area contributed by atoms with Crippen molar-refractivity contribution in [3.63, 3.8) is 0 Å². The zero-order valence-electron chi connectivity index (χ0n) is 10.5. The zero-order chi connectivity index (χ0) is 13.7. The van der Waals surface area contributed by atoms with Gasteiger partial charge in [0.25, 0.3) is 5.91 Å². The van der Waals surface area contributed by atoms with Gasteiger partial charge in [-0.15, -0.1) is 11.3 Å². The van der Waals surface area contributed by atoms with Crippen LogP contribution in [-0.4, -0.2) is 22.4 Å². The van der Waals surface area contributed by atoms with Crippen LogP contribution >= 0.6 is 11.3 Å². The molecule has 0 saturated heterocycles. The van der Waals surface area contributed by atoms with E-state index in [2.05, 4.69) is 20.7 Å². The molecule has 0 aromatic carbocycles. The second kappa shape index (κ2) is 6.26. The average Bonchev–Trinajstić information content (AvgIpc) is 2.98. The summed E-state index contributed by atoms with van der Waals surface area (Å²) in [5.41, 5.74) is 3.46. The van der Waals surface area contributed by atoms with Crippen molar-refractivity contribution < 1.29 is 4.79 Å². The van der Waals surface area contributed by atoms with Gasteiger partial charge in [0.15, 0.2) is 0 Å². The van der Waals surface area contributed by atoms with Gasteiger partial charge in [0.1, 0.15) is 0 Å². The molecule has 6 nitrogen and oxygen atoms in total. The minimum absolute atomic E-state index is 0.176. The predicted molar refractivity (Wildman–Crippen MR) is 74.9 cm³/mol. The van der Waals surface area contributed by atoms with E-state index in [0.717, 1.165) is 5.01 Å². The molecule has 2 aromatic rings. The van der Waals surface area contributed by atoms with E-state index in [1.54, 1.807) is 29.8 Å². The van der Waals surface area contributed by atoms with Gasteiger partial charge in [0.05, 0.1) is 16.3 Å². The molecule has 4 N–H and O–H groups in total. The summed E-state index contributed by atoms with van der Waals surface area (Å²) < 4.78 is 0. The number of nitrogens with one attached hydrogen (secondary N) is 2. The fourth-order valence-electron chi connectivity index (χ4n) is 1.61. The molecule has 2 aromatic heterocycles. The third kappa shape index (κ3) is 3.27. The van der Waals surface area contributed by atoms with E-state index in [-0.39, 0.29) is 11.8 Å². The third-order valence-electron chi connectivity index (χ3n) is 2.66. The molecule has 1 unspecified atom stereocenters. The lowest BCUT2D eigenvalue weighted by Crippen LogP contribution is -2.28. The second-order valence-electron chi connectivity index (χ2n) is 4.05. The van der Waals surface area contributed by atoms with Gasteiger partial charge in [-0.25, -0.2) is 4.98 Å². The molecular formula is C12H15N5OS. The quantitative estimate of drug-likeness (QED) is 0.567. The van der Waals surface area contributed by atoms with Crippen molar-refractivity contribution in [3.8, 4) is 0 Å². The minimum Gasteiger partial charge on any atom is -0.351 e. The lowest BCUT2D eigenvalue weighted by atomic mass is 10.1. The summed E-state index contributed by atoms with van der Waals surface area (Å²) in [5, 5.41) is 5.78. The van der Waals surface area contributed by atoms with Crippen molar-refractivity contribution in [1.29, 1.82) is 0 Å². The highest BCUT2D eigenvalue weighted by Gasteiger charge is 2.13. The molecule has 0 saturated carbocycles. The van der Waals surface area contributed by atoms with Gasteiger partial charge in [0, 0.05) is 36.4 Å². The van der Waals surface area contributed by atoms with Crippen molar-refractivity contribution in [2.75, 3.05) is 12.0 Å². The summed E-state index contributed by atoms with van der Waals surface area (Å²) >= 11 is 1.58. The first kappa shape index (κ1) is 13.4. The van der Waals surface area contributed by atoms with E-state index < -0.39 is 0 Å². The smallest absolute Gasteiger partial charge is 0.255 e. The fourth-order valence-corrected chi connectivity index (χ4v) is 2.31. The Morgan fingerprint density at radius 1 is 1.53 bits per heavy atom. The highest BCUT2D eigenvalue weighted by atomic mass is 32.1. The van der Waals surface area contributed by atoms with Crippen molar-refractivity contribution >= 4 is 22.9 Å². The molecule has 2 rings (SSSR count). The van der Waals surface area contributed by atoms with Crippen LogP contribution in [0.15, 0.2) is 30.0 Å². The second-order valence-corrected chi connectivity index (χ2v) is 4.97. The number of anilines is 1. The number of nitrogens with two attached hydrogens (primary N) is 1. The summed E-state index contributed by atoms with van der Waals surface area (Å²) in [5.74, 6) is 5.33. The molecule has 0 bridgehead atoms. The third-order valence-corrected chi connectivity index (χ3v) is 3.67. The number of rotatable bonds is 5. The maximum atomic E-state index is 12.0. The van der Waals surface area contributed by atoms with Gasteiger partial charge < -0.3 is 10.7 Å². The van der Waals surface area contributed by atoms with Crippen molar-refractivity contribution in [2.45, 2.75) is 12.8 Å². The highest BCUT2D eigenvalue weighted by molar-refractivity contribution is 7.09. The van der Waals surface area contributed by atoms with Crippen LogP contribution in [0.4, 0.5) is 5.69 Å². The summed E-state index contributed by atoms with van der Waals surface area (Å²) in [6.45, 7) is 2.54. The maximum Gasteiger partial charge on any atom is 0.255 e. The lowest BCUT2D eigenvalue weighted by molar-refractivity contribution is 0.0952. The topological polar surface area (TPSA) is 92.9 Å². The Bertz CT molecular complexity index is 543. The van der Waals surface area contributed by atoms with E-state index in [0.29, 0.717) is 17.8 Å². The van der Waals surface area contributed by atoms with Crippen molar-refractivity contribution in [2.24, 2.45) is 5.84 Å². The van der Waals surface area contributed by atoms with Crippen LogP contribution in [0, 0.1) is 0 Å². The standard InChI is InChI=1S/C12H15N5OS/c1-8(12-15-4-5-19-12)6-16-11(18)9-7-14-3-2-10(9)17-13/h2-5,7-8H,6,13H2,1H3,(H,14,17)(H,16,18). The molecule has 1 amide bonds. The Morgan fingerprint density at radius 3 is 3.05 bits per heavy atom. The molecule has 7 heteroatoms. The van der Waals surface area contributed by atoms with Gasteiger partial charge >= 0.3 is 0 Å². The van der Waals surface area contributed by atoms with Crippen LogP contribution < -0.4 is 16.6 Å². The van der Waals surface area contributed by atoms with Gasteiger partial charge in [-0.3, -0.25) is 15.6 Å². The largest absolute Gasteiger partial charge is 0.351 e. The predicted octanol–water partition coefficient (Wildman–Crippen LogP) is 1.36. The molecule has 0 spiro atoms. The van der Waals surface area contributed by atoms with Gasteiger partial charge in [0.2, 0.25) is 0 Å². The van der Waals surface area contributed by atoms with E-state index in [1.165, 1.54) is 6.20 Å². The van der Waals surface area contributed by atoms with Crippen LogP contribution in [0.5, 0.6) is 0 Å². The van der Waals surface area contributed by atoms with Crippen molar-refractivity contribution in [1.82, 2.24) is 15.3 Å². The number of hydrogen-bond acceptors (Lipinski definition) is 6. The normalized spacial score (nSPS) is 11.9. The molecular weight excluding hydrogens is 262 g/mol. The van der Waals surface area contributed by atoms with E-state index in [1.807, 2.05) is 12.3 Å². The zero-order valence-corrected chi connectivity index (χ0v) is 11.3. The Labute approximate surface area is 115 Å². The summed E-state index contributed by atoms with van der Waals surface area (Å²) in [6.07, 6.45) is 4.82. The van der Waals surface area contributed by atoms with Gasteiger partial charge in [-0.1, -0.05) is 6.92 Å². The van der Waals surface area contributed by atoms with Crippen LogP contribution in [0.1, 0.15) is 28.2 Å². The van der Waals surface area contributed by atoms with Crippen LogP contribution in [0.3, 0.4) is 0 Å². The van der Waals surface area contributed by atoms with E-state index in [4.69, 9.17) is 5.84 Å². The number of amides is 1. The first-order chi connectivity index (χ1) is 9.22. The highest BCUT2D eigenvalue weighted by Crippen LogP contribution is 2.17. The summed E-state index contributed by atoms with van der Waals surface area (Å²) in [7, 11) is 0. The van der Waals surface area contributed by atoms with Gasteiger partial charge in [-0.2, -0.15) is 0 Å². The molecule has 2 heterocycles. The summed E-state index contributed by atoms with van der Waals surface area (Å²) in [6, 6.07) is 1.65. The minimum atomic E-state index is -0.204. The maximum absolute atomic E-state index is 12.0. The number of pyridine rings is 1. The number of nitrogens with zero attached hydrogens (tertiary/aromatic N) is 2. The molecule has 0 aliphatic heterocycles. The number of hydrazine groups is 1. The number of hydrogen-bond donors (Lipinski definition) is 3. The fraction of sp³-hybridized carbons (Fsp3) is 0.250. The molecule has 0 aliphatic rings. The van der Waals surface area contributed by atoms with Crippen LogP contribution in [0.2, 0.25) is 0 Å². The molecule has 0 aliphatic carbocycles. The van der Waals surface area contributed by atoms with Crippen molar-refractivity contribution in [3.05, 3.63) is 40.6 Å². The summed E-state index contributed by atoms with van der Waals surface area (Å²) in [4.78, 5) is 20.2. The van der Waals surface area contributed by atoms with Crippen LogP contribution in [0.25, 0.3) is 0 Å². The first-order valence-corrected chi connectivity index (χ1v) is 6.68. The Kier molecular flexibility index (Phi) is 4.43. The lowest BCUT2D eigenvalue weighted by Gasteiger charge is -2.12. The van der Waals surface area contributed by atoms with Gasteiger partial charge in [-0.05, 0) is 6.07 Å². The number of carbonyl (C=O) groups is 1. The van der Waals surface area contributed by atoms with E-state index >= 15 is 0 Å². The van der Waals surface area contributed by atoms with Crippen LogP contribution in [-0.2, 0) is 0 Å². The monoisotopic (exact) mass is 277 g/mol. The Balaban J connectivity index is 1.98. The SMILES string of the molecule is CC(CNC(=O)c1cnccc1NN)c1nccs1. The molecule has 100 valence electrons. The first-order valence-electron chi connectivity index (χ1n) is 5.80.